The Morgan fingerprint density at radius 2 is 1.90 bits per heavy atom. The van der Waals surface area contributed by atoms with Crippen LogP contribution in [0.2, 0.25) is 0 Å². The highest BCUT2D eigenvalue weighted by Crippen LogP contribution is 2.46. The molecule has 1 saturated heterocycles. The third-order valence-corrected chi connectivity index (χ3v) is 6.31. The Kier molecular flexibility index (Phi) is 4.28. The molecule has 0 aromatic heterocycles. The van der Waals surface area contributed by atoms with Crippen LogP contribution in [0, 0.1) is 17.8 Å². The van der Waals surface area contributed by atoms with Crippen LogP contribution in [0.15, 0.2) is 0 Å². The number of likely N-dealkylation sites (tertiary alicyclic amines) is 1. The molecule has 1 amide bonds. The number of hydrogen-bond donors (Lipinski definition) is 1. The number of carbonyl (C=O) groups excluding carboxylic acids is 1. The minimum absolute atomic E-state index is 0.105. The fourth-order valence-corrected chi connectivity index (χ4v) is 5.30. The van der Waals surface area contributed by atoms with E-state index >= 15 is 0 Å². The zero-order chi connectivity index (χ0) is 15.0. The molecule has 0 aromatic carbocycles. The van der Waals surface area contributed by atoms with Gasteiger partial charge < -0.3 is 4.90 Å². The maximum atomic E-state index is 12.4. The molecule has 21 heavy (non-hydrogen) atoms. The zero-order valence-corrected chi connectivity index (χ0v) is 13.6. The van der Waals surface area contributed by atoms with Crippen LogP contribution >= 0.6 is 0 Å². The van der Waals surface area contributed by atoms with Crippen LogP contribution in [0.5, 0.6) is 0 Å². The Hall–Kier alpha value is -0.620. The molecular weight excluding hydrogens is 288 g/mol. The van der Waals surface area contributed by atoms with Crippen molar-refractivity contribution in [2.45, 2.75) is 51.0 Å². The fourth-order valence-electron chi connectivity index (χ4n) is 4.51. The Morgan fingerprint density at radius 3 is 2.48 bits per heavy atom. The average molecular weight is 314 g/mol. The van der Waals surface area contributed by atoms with Crippen molar-refractivity contribution in [1.82, 2.24) is 9.62 Å². The van der Waals surface area contributed by atoms with Crippen LogP contribution in [0.4, 0.5) is 0 Å². The van der Waals surface area contributed by atoms with Crippen molar-refractivity contribution in [3.05, 3.63) is 0 Å². The number of sulfonamides is 1. The van der Waals surface area contributed by atoms with E-state index in [1.54, 1.807) is 0 Å². The molecule has 1 N–H and O–H groups in total. The van der Waals surface area contributed by atoms with Gasteiger partial charge >= 0.3 is 0 Å². The van der Waals surface area contributed by atoms with Gasteiger partial charge in [-0.1, -0.05) is 12.8 Å². The van der Waals surface area contributed by atoms with E-state index in [0.717, 1.165) is 18.3 Å². The van der Waals surface area contributed by atoms with E-state index < -0.39 is 10.0 Å². The molecule has 1 aliphatic heterocycles. The molecule has 3 saturated carbocycles. The van der Waals surface area contributed by atoms with E-state index in [-0.39, 0.29) is 11.9 Å². The number of carbonyl (C=O) groups is 1. The van der Waals surface area contributed by atoms with Crippen molar-refractivity contribution >= 4 is 15.9 Å². The molecule has 5 nitrogen and oxygen atoms in total. The van der Waals surface area contributed by atoms with Gasteiger partial charge in [-0.25, -0.2) is 13.1 Å². The van der Waals surface area contributed by atoms with Crippen LogP contribution in [0.25, 0.3) is 0 Å². The smallest absolute Gasteiger partial charge is 0.222 e. The lowest BCUT2D eigenvalue weighted by molar-refractivity contribution is -0.132. The second kappa shape index (κ2) is 5.88. The molecule has 2 unspecified atom stereocenters. The second-order valence-electron chi connectivity index (χ2n) is 7.20. The van der Waals surface area contributed by atoms with Gasteiger partial charge in [0.05, 0.1) is 6.26 Å². The Labute approximate surface area is 127 Å². The van der Waals surface area contributed by atoms with Crippen LogP contribution in [0.1, 0.15) is 44.9 Å². The lowest BCUT2D eigenvalue weighted by Crippen LogP contribution is -2.39. The normalized spacial score (nSPS) is 36.1. The monoisotopic (exact) mass is 314 g/mol. The summed E-state index contributed by atoms with van der Waals surface area (Å²) in [5.74, 6) is 2.41. The number of nitrogens with one attached hydrogen (secondary N) is 1. The van der Waals surface area contributed by atoms with E-state index in [1.165, 1.54) is 38.4 Å². The number of fused-ring (bicyclic) bond motifs is 3. The molecule has 2 bridgehead atoms. The average Bonchev–Trinajstić information content (AvgIpc) is 2.86. The molecule has 3 aliphatic carbocycles. The van der Waals surface area contributed by atoms with Gasteiger partial charge in [0, 0.05) is 25.6 Å². The molecule has 1 heterocycles. The first-order valence-corrected chi connectivity index (χ1v) is 10.0. The molecule has 0 radical (unpaired) electrons. The predicted molar refractivity (Wildman–Crippen MR) is 81.1 cm³/mol. The summed E-state index contributed by atoms with van der Waals surface area (Å²) >= 11 is 0. The van der Waals surface area contributed by atoms with Crippen molar-refractivity contribution in [3.63, 3.8) is 0 Å². The van der Waals surface area contributed by atoms with Crippen molar-refractivity contribution in [1.29, 1.82) is 0 Å². The molecule has 120 valence electrons. The third-order valence-electron chi connectivity index (χ3n) is 5.55. The minimum Gasteiger partial charge on any atom is -0.341 e. The van der Waals surface area contributed by atoms with Crippen molar-refractivity contribution in [3.8, 4) is 0 Å². The summed E-state index contributed by atoms with van der Waals surface area (Å²) in [7, 11) is -3.18. The Bertz CT molecular complexity index is 497. The molecule has 4 aliphatic rings. The lowest BCUT2D eigenvalue weighted by atomic mass is 9.64. The van der Waals surface area contributed by atoms with Gasteiger partial charge in [0.1, 0.15) is 0 Å². The first-order chi connectivity index (χ1) is 9.90. The first-order valence-electron chi connectivity index (χ1n) is 8.16. The highest BCUT2D eigenvalue weighted by atomic mass is 32.2. The van der Waals surface area contributed by atoms with Crippen LogP contribution < -0.4 is 4.72 Å². The summed E-state index contributed by atoms with van der Waals surface area (Å²) in [5, 5.41) is 0. The molecule has 0 spiro atoms. The van der Waals surface area contributed by atoms with E-state index in [0.29, 0.717) is 25.4 Å². The Morgan fingerprint density at radius 1 is 1.19 bits per heavy atom. The van der Waals surface area contributed by atoms with Gasteiger partial charge in [0.25, 0.3) is 0 Å². The van der Waals surface area contributed by atoms with Gasteiger partial charge in [-0.05, 0) is 43.4 Å². The van der Waals surface area contributed by atoms with Gasteiger partial charge in [-0.3, -0.25) is 4.79 Å². The molecule has 0 aromatic rings. The van der Waals surface area contributed by atoms with Crippen molar-refractivity contribution in [2.75, 3.05) is 19.3 Å². The molecule has 4 rings (SSSR count). The minimum atomic E-state index is -3.18. The van der Waals surface area contributed by atoms with Gasteiger partial charge in [0.2, 0.25) is 15.9 Å². The summed E-state index contributed by atoms with van der Waals surface area (Å²) in [6.07, 6.45) is 9.15. The largest absolute Gasteiger partial charge is 0.341 e. The third kappa shape index (κ3) is 3.77. The van der Waals surface area contributed by atoms with E-state index in [9.17, 15) is 13.2 Å². The lowest BCUT2D eigenvalue weighted by Gasteiger charge is -2.42. The standard InChI is InChI=1S/C15H26N2O3S/c1-21(19,20)16-14-6-7-17(10-14)15(18)9-13-8-11-2-4-12(13)5-3-11/h11-14,16H,2-10H2,1H3. The van der Waals surface area contributed by atoms with Crippen LogP contribution in [0.3, 0.4) is 0 Å². The first kappa shape index (κ1) is 15.3. The summed E-state index contributed by atoms with van der Waals surface area (Å²) in [5.41, 5.74) is 0. The quantitative estimate of drug-likeness (QED) is 0.852. The molecule has 2 atom stereocenters. The molecule has 6 heteroatoms. The summed E-state index contributed by atoms with van der Waals surface area (Å²) in [4.78, 5) is 14.3. The van der Waals surface area contributed by atoms with Crippen molar-refractivity contribution < 1.29 is 13.2 Å². The van der Waals surface area contributed by atoms with E-state index in [2.05, 4.69) is 4.72 Å². The van der Waals surface area contributed by atoms with Gasteiger partial charge in [-0.2, -0.15) is 0 Å². The second-order valence-corrected chi connectivity index (χ2v) is 8.98. The maximum absolute atomic E-state index is 12.4. The Balaban J connectivity index is 1.50. The van der Waals surface area contributed by atoms with E-state index in [4.69, 9.17) is 0 Å². The number of hydrogen-bond acceptors (Lipinski definition) is 3. The van der Waals surface area contributed by atoms with Gasteiger partial charge in [0.15, 0.2) is 0 Å². The topological polar surface area (TPSA) is 66.5 Å². The van der Waals surface area contributed by atoms with Crippen LogP contribution in [-0.4, -0.2) is 44.6 Å². The van der Waals surface area contributed by atoms with E-state index in [1.807, 2.05) is 4.90 Å². The van der Waals surface area contributed by atoms with Gasteiger partial charge in [-0.15, -0.1) is 0 Å². The number of rotatable bonds is 4. The zero-order valence-electron chi connectivity index (χ0n) is 12.8. The number of amides is 1. The SMILES string of the molecule is CS(=O)(=O)NC1CCN(C(=O)CC2CC3CCC2CC3)C1. The molecular formula is C15H26N2O3S. The summed E-state index contributed by atoms with van der Waals surface area (Å²) in [6, 6.07) is -0.105. The molecule has 4 fully saturated rings. The van der Waals surface area contributed by atoms with Crippen LogP contribution in [-0.2, 0) is 14.8 Å². The number of nitrogens with zero attached hydrogens (tertiary/aromatic N) is 1. The fraction of sp³-hybridized carbons (Fsp3) is 0.933. The highest BCUT2D eigenvalue weighted by molar-refractivity contribution is 7.88. The highest BCUT2D eigenvalue weighted by Gasteiger charge is 2.38. The predicted octanol–water partition coefficient (Wildman–Crippen LogP) is 1.35. The summed E-state index contributed by atoms with van der Waals surface area (Å²) < 4.78 is 25.1. The maximum Gasteiger partial charge on any atom is 0.222 e. The van der Waals surface area contributed by atoms with Crippen molar-refractivity contribution in [2.24, 2.45) is 17.8 Å². The summed E-state index contributed by atoms with van der Waals surface area (Å²) in [6.45, 7) is 1.22.